The quantitative estimate of drug-likeness (QED) is 0.177. The van der Waals surface area contributed by atoms with Crippen LogP contribution in [0, 0.1) is 0 Å². The molecule has 0 bridgehead atoms. The molecule has 0 unspecified atom stereocenters. The lowest BCUT2D eigenvalue weighted by Gasteiger charge is -2.08. The first kappa shape index (κ1) is 27.4. The van der Waals surface area contributed by atoms with E-state index in [9.17, 15) is 8.42 Å². The fourth-order valence-corrected chi connectivity index (χ4v) is 4.52. The summed E-state index contributed by atoms with van der Waals surface area (Å²) >= 11 is 0. The van der Waals surface area contributed by atoms with Crippen molar-refractivity contribution in [2.75, 3.05) is 0 Å². The lowest BCUT2D eigenvalue weighted by molar-refractivity contribution is 0.333. The third-order valence-corrected chi connectivity index (χ3v) is 7.07. The monoisotopic (exact) mass is 475 g/mol. The highest BCUT2D eigenvalue weighted by molar-refractivity contribution is 7.86. The van der Waals surface area contributed by atoms with Crippen molar-refractivity contribution in [2.45, 2.75) is 102 Å². The van der Waals surface area contributed by atoms with Gasteiger partial charge in [0.25, 0.3) is 0 Å². The minimum absolute atomic E-state index is 0.00879. The Labute approximate surface area is 200 Å². The Hall–Kier alpha value is -1.89. The van der Waals surface area contributed by atoms with Crippen molar-refractivity contribution in [3.8, 4) is 11.5 Å². The van der Waals surface area contributed by atoms with Crippen molar-refractivity contribution in [3.05, 3.63) is 54.1 Å². The van der Waals surface area contributed by atoms with Crippen LogP contribution in [0.2, 0.25) is 0 Å². The van der Waals surface area contributed by atoms with E-state index < -0.39 is 10.1 Å². The lowest BCUT2D eigenvalue weighted by atomic mass is 10.0. The number of hydrogen-bond acceptors (Lipinski definition) is 5. The summed E-state index contributed by atoms with van der Waals surface area (Å²) in [4.78, 5) is -0.00879. The molecule has 2 N–H and O–H groups in total. The fourth-order valence-electron chi connectivity index (χ4n) is 3.94. The van der Waals surface area contributed by atoms with E-state index in [2.05, 4.69) is 23.3 Å². The zero-order chi connectivity index (χ0) is 23.8. The highest BCUT2D eigenvalue weighted by atomic mass is 32.2. The molecule has 184 valence electrons. The van der Waals surface area contributed by atoms with Crippen molar-refractivity contribution < 1.29 is 17.4 Å². The minimum atomic E-state index is -3.90. The molecule has 0 saturated heterocycles. The molecule has 0 heterocycles. The van der Waals surface area contributed by atoms with E-state index in [1.807, 2.05) is 12.1 Å². The maximum absolute atomic E-state index is 11.6. The molecule has 6 heteroatoms. The molecule has 0 spiro atoms. The molecule has 5 nitrogen and oxygen atoms in total. The van der Waals surface area contributed by atoms with Gasteiger partial charge in [0, 0.05) is 0 Å². The molecule has 0 saturated carbocycles. The molecule has 0 fully saturated rings. The summed E-state index contributed by atoms with van der Waals surface area (Å²) in [5.41, 5.74) is 1.31. The van der Waals surface area contributed by atoms with Crippen LogP contribution in [0.3, 0.4) is 0 Å². The Balaban J connectivity index is 1.55. The second kappa shape index (κ2) is 15.9. The molecule has 33 heavy (non-hydrogen) atoms. The normalized spacial score (nSPS) is 11.6. The van der Waals surface area contributed by atoms with E-state index in [1.165, 1.54) is 101 Å². The Morgan fingerprint density at radius 1 is 0.636 bits per heavy atom. The van der Waals surface area contributed by atoms with Crippen LogP contribution in [-0.4, -0.2) is 8.42 Å². The molecule has 0 aliphatic rings. The van der Waals surface area contributed by atoms with Gasteiger partial charge in [0.05, 0.1) is 4.90 Å². The maximum atomic E-state index is 11.6. The number of unbranched alkanes of at least 4 members (excludes halogenated alkanes) is 12. The standard InChI is InChI=1S/C27H41NO4S/c1-2-3-4-5-6-7-8-9-10-11-12-13-14-15-24-16-18-25(19-17-24)31-26-20-22-27(23-21-26)33(29,30)32-28/h16-23H,2-15,28H2,1H3. The van der Waals surface area contributed by atoms with Gasteiger partial charge in [0.2, 0.25) is 0 Å². The lowest BCUT2D eigenvalue weighted by Crippen LogP contribution is -2.10. The van der Waals surface area contributed by atoms with Crippen LogP contribution in [0.25, 0.3) is 0 Å². The first-order valence-electron chi connectivity index (χ1n) is 12.6. The van der Waals surface area contributed by atoms with Gasteiger partial charge in [-0.2, -0.15) is 18.6 Å². The molecule has 0 aliphatic heterocycles. The number of nitrogens with two attached hydrogens (primary N) is 1. The highest BCUT2D eigenvalue weighted by Gasteiger charge is 2.13. The van der Waals surface area contributed by atoms with Gasteiger partial charge in [-0.05, 0) is 54.8 Å². The number of ether oxygens (including phenoxy) is 1. The average molecular weight is 476 g/mol. The first-order chi connectivity index (χ1) is 16.0. The van der Waals surface area contributed by atoms with Crippen LogP contribution in [0.5, 0.6) is 11.5 Å². The van der Waals surface area contributed by atoms with Crippen molar-refractivity contribution in [2.24, 2.45) is 5.90 Å². The summed E-state index contributed by atoms with van der Waals surface area (Å²) in [6.07, 6.45) is 18.9. The third kappa shape index (κ3) is 11.2. The predicted molar refractivity (Wildman–Crippen MR) is 135 cm³/mol. The smallest absolute Gasteiger partial charge is 0.312 e. The summed E-state index contributed by atoms with van der Waals surface area (Å²) < 4.78 is 32.9. The molecule has 2 aromatic rings. The second-order valence-electron chi connectivity index (χ2n) is 8.76. The molecule has 0 aliphatic carbocycles. The number of hydrogen-bond donors (Lipinski definition) is 1. The van der Waals surface area contributed by atoms with E-state index in [1.54, 1.807) is 12.1 Å². The van der Waals surface area contributed by atoms with E-state index in [-0.39, 0.29) is 4.90 Å². The SMILES string of the molecule is CCCCCCCCCCCCCCCc1ccc(Oc2ccc(S(=O)(=O)ON)cc2)cc1. The molecule has 0 amide bonds. The van der Waals surface area contributed by atoms with E-state index >= 15 is 0 Å². The van der Waals surface area contributed by atoms with Crippen LogP contribution < -0.4 is 10.6 Å². The number of aryl methyl sites for hydroxylation is 1. The van der Waals surface area contributed by atoms with Crippen LogP contribution in [0.15, 0.2) is 53.4 Å². The summed E-state index contributed by atoms with van der Waals surface area (Å²) in [5, 5.41) is 0. The molecule has 0 atom stereocenters. The average Bonchev–Trinajstić information content (AvgIpc) is 2.83. The third-order valence-electron chi connectivity index (χ3n) is 5.97. The summed E-state index contributed by atoms with van der Waals surface area (Å²) in [6.45, 7) is 2.27. The molecule has 0 radical (unpaired) electrons. The van der Waals surface area contributed by atoms with Gasteiger partial charge in [0.1, 0.15) is 11.5 Å². The molecule has 2 aromatic carbocycles. The van der Waals surface area contributed by atoms with E-state index in [0.717, 1.165) is 12.2 Å². The van der Waals surface area contributed by atoms with Crippen molar-refractivity contribution in [3.63, 3.8) is 0 Å². The molecular formula is C27H41NO4S. The fraction of sp³-hybridized carbons (Fsp3) is 0.556. The van der Waals surface area contributed by atoms with E-state index in [0.29, 0.717) is 5.75 Å². The van der Waals surface area contributed by atoms with Gasteiger partial charge in [-0.1, -0.05) is 96.1 Å². The summed E-state index contributed by atoms with van der Waals surface area (Å²) in [7, 11) is -3.90. The van der Waals surface area contributed by atoms with Crippen LogP contribution in [0.4, 0.5) is 0 Å². The van der Waals surface area contributed by atoms with Crippen molar-refractivity contribution in [1.82, 2.24) is 0 Å². The molecule has 2 rings (SSSR count). The van der Waals surface area contributed by atoms with Gasteiger partial charge in [-0.25, -0.2) is 0 Å². The Kier molecular flexibility index (Phi) is 13.1. The van der Waals surface area contributed by atoms with Gasteiger partial charge in [-0.3, -0.25) is 0 Å². The van der Waals surface area contributed by atoms with Gasteiger partial charge >= 0.3 is 10.1 Å². The Morgan fingerprint density at radius 3 is 1.52 bits per heavy atom. The minimum Gasteiger partial charge on any atom is -0.457 e. The number of benzene rings is 2. The van der Waals surface area contributed by atoms with Crippen LogP contribution in [0.1, 0.15) is 96.0 Å². The zero-order valence-corrected chi connectivity index (χ0v) is 21.0. The zero-order valence-electron chi connectivity index (χ0n) is 20.1. The predicted octanol–water partition coefficient (Wildman–Crippen LogP) is 7.69. The highest BCUT2D eigenvalue weighted by Crippen LogP contribution is 2.24. The Bertz CT molecular complexity index is 864. The van der Waals surface area contributed by atoms with Crippen molar-refractivity contribution >= 4 is 10.1 Å². The summed E-state index contributed by atoms with van der Waals surface area (Å²) in [5.74, 6) is 6.06. The first-order valence-corrected chi connectivity index (χ1v) is 14.0. The van der Waals surface area contributed by atoms with Crippen LogP contribution in [-0.2, 0) is 20.8 Å². The summed E-state index contributed by atoms with van der Waals surface area (Å²) in [6, 6.07) is 14.0. The van der Waals surface area contributed by atoms with Crippen molar-refractivity contribution in [1.29, 1.82) is 0 Å². The maximum Gasteiger partial charge on any atom is 0.312 e. The number of rotatable bonds is 18. The molecule has 0 aromatic heterocycles. The van der Waals surface area contributed by atoms with Gasteiger partial charge in [0.15, 0.2) is 0 Å². The Morgan fingerprint density at radius 2 is 1.06 bits per heavy atom. The van der Waals surface area contributed by atoms with Crippen LogP contribution >= 0.6 is 0 Å². The largest absolute Gasteiger partial charge is 0.457 e. The van der Waals surface area contributed by atoms with E-state index in [4.69, 9.17) is 10.6 Å². The molecular weight excluding hydrogens is 434 g/mol. The van der Waals surface area contributed by atoms with Gasteiger partial charge in [-0.15, -0.1) is 0 Å². The topological polar surface area (TPSA) is 78.6 Å². The second-order valence-corrected chi connectivity index (χ2v) is 10.3. The van der Waals surface area contributed by atoms with Gasteiger partial charge < -0.3 is 4.74 Å².